The second-order valence-corrected chi connectivity index (χ2v) is 4.92. The lowest BCUT2D eigenvalue weighted by atomic mass is 10.5. The molecule has 0 bridgehead atoms. The van der Waals surface area contributed by atoms with Gasteiger partial charge in [0.2, 0.25) is 6.29 Å². The van der Waals surface area contributed by atoms with Crippen molar-refractivity contribution in [1.29, 1.82) is 0 Å². The van der Waals surface area contributed by atoms with Crippen LogP contribution in [0.25, 0.3) is 0 Å². The standard InChI is InChI=1S/C5H8N2O6P2/c8-4(7-2-1-6-3-7)5-11-14(9)13-15(10)12-5/h1-5,8,14-15H. The summed E-state index contributed by atoms with van der Waals surface area (Å²) in [7, 11) is -5.72. The number of hydrogen-bond acceptors (Lipinski definition) is 7. The van der Waals surface area contributed by atoms with Crippen molar-refractivity contribution >= 4 is 16.5 Å². The monoisotopic (exact) mass is 254 g/mol. The molecule has 1 N–H and O–H groups in total. The van der Waals surface area contributed by atoms with Crippen LogP contribution in [0.2, 0.25) is 0 Å². The van der Waals surface area contributed by atoms with E-state index in [-0.39, 0.29) is 0 Å². The summed E-state index contributed by atoms with van der Waals surface area (Å²) in [6.45, 7) is 0. The largest absolute Gasteiger partial charge is 0.368 e. The second-order valence-electron chi connectivity index (χ2n) is 2.63. The molecule has 1 aliphatic heterocycles. The fraction of sp³-hybridized carbons (Fsp3) is 0.400. The minimum absolute atomic E-state index is 1.26. The van der Waals surface area contributed by atoms with Gasteiger partial charge in [-0.15, -0.1) is 0 Å². The Morgan fingerprint density at radius 1 is 1.40 bits per heavy atom. The lowest BCUT2D eigenvalue weighted by molar-refractivity contribution is -0.129. The van der Waals surface area contributed by atoms with Gasteiger partial charge in [-0.2, -0.15) is 0 Å². The zero-order valence-corrected chi connectivity index (χ0v) is 9.27. The molecule has 0 aromatic carbocycles. The highest BCUT2D eigenvalue weighted by Gasteiger charge is 2.31. The average Bonchev–Trinajstić information content (AvgIpc) is 2.67. The molecule has 2 heterocycles. The number of aliphatic hydroxyl groups is 1. The van der Waals surface area contributed by atoms with Crippen molar-refractivity contribution in [2.75, 3.05) is 0 Å². The minimum Gasteiger partial charge on any atom is -0.368 e. The van der Waals surface area contributed by atoms with Crippen molar-refractivity contribution in [3.8, 4) is 0 Å². The minimum atomic E-state index is -2.86. The first-order chi connectivity index (χ1) is 7.16. The van der Waals surface area contributed by atoms with Crippen LogP contribution in [0.15, 0.2) is 18.7 Å². The van der Waals surface area contributed by atoms with Gasteiger partial charge in [-0.1, -0.05) is 0 Å². The number of imidazole rings is 1. The molecule has 1 saturated heterocycles. The fourth-order valence-corrected chi connectivity index (χ4v) is 2.76. The van der Waals surface area contributed by atoms with E-state index in [1.54, 1.807) is 0 Å². The van der Waals surface area contributed by atoms with E-state index in [9.17, 15) is 14.2 Å². The van der Waals surface area contributed by atoms with Crippen molar-refractivity contribution in [3.05, 3.63) is 18.7 Å². The highest BCUT2D eigenvalue weighted by molar-refractivity contribution is 7.48. The summed E-state index contributed by atoms with van der Waals surface area (Å²) in [6, 6.07) is 0. The number of aromatic nitrogens is 2. The highest BCUT2D eigenvalue weighted by Crippen LogP contribution is 2.49. The molecule has 1 aliphatic rings. The Balaban J connectivity index is 2.10. The number of rotatable bonds is 2. The van der Waals surface area contributed by atoms with Gasteiger partial charge >= 0.3 is 16.5 Å². The lowest BCUT2D eigenvalue weighted by Gasteiger charge is -2.26. The van der Waals surface area contributed by atoms with Gasteiger partial charge in [0.25, 0.3) is 0 Å². The van der Waals surface area contributed by atoms with E-state index in [2.05, 4.69) is 18.3 Å². The van der Waals surface area contributed by atoms with Crippen LogP contribution in [0.4, 0.5) is 0 Å². The Morgan fingerprint density at radius 2 is 2.07 bits per heavy atom. The lowest BCUT2D eigenvalue weighted by Crippen LogP contribution is -2.27. The fourth-order valence-electron chi connectivity index (χ4n) is 1.02. The molecule has 8 nitrogen and oxygen atoms in total. The van der Waals surface area contributed by atoms with E-state index in [0.29, 0.717) is 0 Å². The summed E-state index contributed by atoms with van der Waals surface area (Å²) >= 11 is 0. The predicted octanol–water partition coefficient (Wildman–Crippen LogP) is 0.543. The molecule has 1 aromatic heterocycles. The molecular weight excluding hydrogens is 246 g/mol. The van der Waals surface area contributed by atoms with Crippen LogP contribution in [0.1, 0.15) is 6.23 Å². The Bertz CT molecular complexity index is 365. The normalized spacial score (nSPS) is 33.8. The van der Waals surface area contributed by atoms with Crippen LogP contribution in [-0.4, -0.2) is 20.9 Å². The smallest absolute Gasteiger partial charge is 0.328 e. The van der Waals surface area contributed by atoms with Crippen LogP contribution < -0.4 is 0 Å². The first-order valence-electron chi connectivity index (χ1n) is 3.91. The number of hydrogen-bond donors (Lipinski definition) is 1. The third kappa shape index (κ3) is 2.55. The maximum absolute atomic E-state index is 10.9. The van der Waals surface area contributed by atoms with Gasteiger partial charge in [0.1, 0.15) is 0 Å². The van der Waals surface area contributed by atoms with E-state index in [1.807, 2.05) is 0 Å². The van der Waals surface area contributed by atoms with Crippen molar-refractivity contribution in [2.24, 2.45) is 0 Å². The topological polar surface area (TPSA) is 99.9 Å². The number of aliphatic hydroxyl groups excluding tert-OH is 1. The molecule has 1 aromatic rings. The van der Waals surface area contributed by atoms with Gasteiger partial charge in [-0.3, -0.25) is 18.2 Å². The molecule has 0 amide bonds. The molecule has 0 spiro atoms. The summed E-state index contributed by atoms with van der Waals surface area (Å²) in [6.07, 6.45) is 1.68. The van der Waals surface area contributed by atoms with Crippen molar-refractivity contribution in [2.45, 2.75) is 12.5 Å². The van der Waals surface area contributed by atoms with Crippen LogP contribution in [-0.2, 0) is 22.5 Å². The molecule has 0 saturated carbocycles. The molecule has 2 rings (SSSR count). The van der Waals surface area contributed by atoms with E-state index < -0.39 is 29.0 Å². The first kappa shape index (κ1) is 11.0. The molecule has 1 fully saturated rings. The number of nitrogens with zero attached hydrogens (tertiary/aromatic N) is 2. The van der Waals surface area contributed by atoms with Gasteiger partial charge in [0.15, 0.2) is 6.23 Å². The Morgan fingerprint density at radius 3 is 2.60 bits per heavy atom. The van der Waals surface area contributed by atoms with Gasteiger partial charge in [0, 0.05) is 12.4 Å². The molecular formula is C5H8N2O6P2. The van der Waals surface area contributed by atoms with Crippen LogP contribution in [0.3, 0.4) is 0 Å². The van der Waals surface area contributed by atoms with E-state index in [1.165, 1.54) is 23.3 Å². The van der Waals surface area contributed by atoms with Gasteiger partial charge < -0.3 is 9.67 Å². The van der Waals surface area contributed by atoms with Gasteiger partial charge in [-0.25, -0.2) is 9.29 Å². The maximum atomic E-state index is 10.9. The van der Waals surface area contributed by atoms with E-state index in [0.717, 1.165) is 0 Å². The summed E-state index contributed by atoms with van der Waals surface area (Å²) in [5.41, 5.74) is 0. The Labute approximate surface area is 85.7 Å². The van der Waals surface area contributed by atoms with Gasteiger partial charge in [-0.05, 0) is 0 Å². The molecule has 15 heavy (non-hydrogen) atoms. The zero-order valence-electron chi connectivity index (χ0n) is 7.27. The summed E-state index contributed by atoms with van der Waals surface area (Å²) < 4.78 is 36.7. The van der Waals surface area contributed by atoms with E-state index in [4.69, 9.17) is 0 Å². The second kappa shape index (κ2) is 4.57. The third-order valence-electron chi connectivity index (χ3n) is 1.67. The van der Waals surface area contributed by atoms with Gasteiger partial charge in [0.05, 0.1) is 6.33 Å². The predicted molar refractivity (Wildman–Crippen MR) is 48.5 cm³/mol. The molecule has 10 heteroatoms. The molecule has 3 atom stereocenters. The Hall–Kier alpha value is -0.490. The quantitative estimate of drug-likeness (QED) is 0.768. The molecule has 3 unspecified atom stereocenters. The third-order valence-corrected chi connectivity index (χ3v) is 3.85. The molecule has 0 aliphatic carbocycles. The van der Waals surface area contributed by atoms with Crippen molar-refractivity contribution in [3.63, 3.8) is 0 Å². The first-order valence-corrected chi connectivity index (χ1v) is 6.36. The van der Waals surface area contributed by atoms with Crippen LogP contribution >= 0.6 is 16.5 Å². The maximum Gasteiger partial charge on any atom is 0.328 e. The van der Waals surface area contributed by atoms with Crippen molar-refractivity contribution in [1.82, 2.24) is 9.55 Å². The summed E-state index contributed by atoms with van der Waals surface area (Å²) in [5.74, 6) is 0. The summed E-state index contributed by atoms with van der Waals surface area (Å²) in [4.78, 5) is 3.70. The average molecular weight is 254 g/mol. The SMILES string of the molecule is O=[PH]1OC(C(O)n2ccnc2)O[PH](=O)O1. The Kier molecular flexibility index (Phi) is 3.35. The van der Waals surface area contributed by atoms with E-state index >= 15 is 0 Å². The molecule has 84 valence electrons. The highest BCUT2D eigenvalue weighted by atomic mass is 31.2. The van der Waals surface area contributed by atoms with Crippen LogP contribution in [0, 0.1) is 0 Å². The summed E-state index contributed by atoms with van der Waals surface area (Å²) in [5, 5.41) is 9.64. The van der Waals surface area contributed by atoms with Crippen LogP contribution in [0.5, 0.6) is 0 Å². The van der Waals surface area contributed by atoms with Crippen molar-refractivity contribution < 1.29 is 27.6 Å². The molecule has 0 radical (unpaired) electrons. The zero-order chi connectivity index (χ0) is 10.8.